The molecule has 1 aromatic heterocycles. The fraction of sp³-hybridized carbons (Fsp3) is 0.200. The number of carbonyl (C=O) groups is 1. The van der Waals surface area contributed by atoms with Crippen molar-refractivity contribution in [3.63, 3.8) is 0 Å². The van der Waals surface area contributed by atoms with Crippen molar-refractivity contribution in [1.29, 1.82) is 0 Å². The van der Waals surface area contributed by atoms with Gasteiger partial charge < -0.3 is 14.5 Å². The van der Waals surface area contributed by atoms with Crippen molar-refractivity contribution in [3.05, 3.63) is 71.7 Å². The Labute approximate surface area is 145 Å². The van der Waals surface area contributed by atoms with Gasteiger partial charge in [0.25, 0.3) is 5.91 Å². The normalized spacial score (nSPS) is 16.0. The van der Waals surface area contributed by atoms with Gasteiger partial charge in [-0.3, -0.25) is 4.79 Å². The summed E-state index contributed by atoms with van der Waals surface area (Å²) in [5.74, 6) is 1.60. The van der Waals surface area contributed by atoms with Crippen LogP contribution in [0.2, 0.25) is 0 Å². The summed E-state index contributed by atoms with van der Waals surface area (Å²) in [4.78, 5) is 17.0. The lowest BCUT2D eigenvalue weighted by Crippen LogP contribution is -2.43. The minimum absolute atomic E-state index is 0.0944. The molecule has 3 aromatic rings. The molecule has 0 saturated carbocycles. The first-order valence-electron chi connectivity index (χ1n) is 8.25. The Morgan fingerprint density at radius 2 is 1.88 bits per heavy atom. The number of nitrogens with zero attached hydrogens (tertiary/aromatic N) is 1. The van der Waals surface area contributed by atoms with Crippen LogP contribution in [0, 0.1) is 6.92 Å². The predicted octanol–water partition coefficient (Wildman–Crippen LogP) is 3.38. The maximum Gasteiger partial charge on any atom is 0.274 e. The predicted molar refractivity (Wildman–Crippen MR) is 93.6 cm³/mol. The van der Waals surface area contributed by atoms with E-state index in [0.717, 1.165) is 23.3 Å². The van der Waals surface area contributed by atoms with Gasteiger partial charge in [0.15, 0.2) is 17.3 Å². The maximum absolute atomic E-state index is 12.7. The van der Waals surface area contributed by atoms with Crippen LogP contribution in [0.5, 0.6) is 5.75 Å². The van der Waals surface area contributed by atoms with Crippen LogP contribution in [0.3, 0.4) is 0 Å². The molecule has 0 bridgehead atoms. The van der Waals surface area contributed by atoms with Crippen LogP contribution in [0.4, 0.5) is 0 Å². The van der Waals surface area contributed by atoms with Crippen LogP contribution >= 0.6 is 0 Å². The number of benzene rings is 2. The lowest BCUT2D eigenvalue weighted by atomic mass is 10.0. The SMILES string of the molecule is Cc1nc(C(=O)NC2COc3ccccc3C2)c(-c2ccccc2)o1. The number of nitrogens with one attached hydrogen (secondary N) is 1. The molecule has 1 N–H and O–H groups in total. The Kier molecular flexibility index (Phi) is 3.98. The smallest absolute Gasteiger partial charge is 0.274 e. The fourth-order valence-electron chi connectivity index (χ4n) is 3.04. The van der Waals surface area contributed by atoms with Crippen molar-refractivity contribution in [1.82, 2.24) is 10.3 Å². The van der Waals surface area contributed by atoms with Gasteiger partial charge in [0.2, 0.25) is 0 Å². The van der Waals surface area contributed by atoms with Crippen LogP contribution in [-0.2, 0) is 6.42 Å². The van der Waals surface area contributed by atoms with Gasteiger partial charge in [-0.15, -0.1) is 0 Å². The highest BCUT2D eigenvalue weighted by atomic mass is 16.5. The first-order valence-corrected chi connectivity index (χ1v) is 8.25. The molecule has 2 heterocycles. The molecule has 0 spiro atoms. The van der Waals surface area contributed by atoms with Crippen LogP contribution in [-0.4, -0.2) is 23.5 Å². The zero-order valence-corrected chi connectivity index (χ0v) is 13.9. The molecule has 4 rings (SSSR count). The summed E-state index contributed by atoms with van der Waals surface area (Å²) in [6.45, 7) is 2.18. The molecule has 1 amide bonds. The highest BCUT2D eigenvalue weighted by Crippen LogP contribution is 2.26. The second-order valence-corrected chi connectivity index (χ2v) is 6.07. The number of amides is 1. The van der Waals surface area contributed by atoms with E-state index in [-0.39, 0.29) is 11.9 Å². The highest BCUT2D eigenvalue weighted by Gasteiger charge is 2.25. The number of aromatic nitrogens is 1. The number of rotatable bonds is 3. The Morgan fingerprint density at radius 3 is 2.72 bits per heavy atom. The van der Waals surface area contributed by atoms with Gasteiger partial charge in [-0.25, -0.2) is 4.98 Å². The van der Waals surface area contributed by atoms with E-state index in [1.54, 1.807) is 6.92 Å². The highest BCUT2D eigenvalue weighted by molar-refractivity contribution is 5.97. The van der Waals surface area contributed by atoms with Crippen LogP contribution in [0.15, 0.2) is 59.0 Å². The van der Waals surface area contributed by atoms with Crippen molar-refractivity contribution in [2.24, 2.45) is 0 Å². The van der Waals surface area contributed by atoms with Crippen LogP contribution in [0.1, 0.15) is 21.9 Å². The number of hydrogen-bond donors (Lipinski definition) is 1. The number of oxazole rings is 1. The molecule has 1 aliphatic rings. The minimum atomic E-state index is -0.247. The van der Waals surface area contributed by atoms with E-state index < -0.39 is 0 Å². The van der Waals surface area contributed by atoms with E-state index in [0.29, 0.717) is 24.0 Å². The van der Waals surface area contributed by atoms with Crippen molar-refractivity contribution >= 4 is 5.91 Å². The quantitative estimate of drug-likeness (QED) is 0.797. The monoisotopic (exact) mass is 334 g/mol. The standard InChI is InChI=1S/C20H18N2O3/c1-13-21-18(19(25-13)14-7-3-2-4-8-14)20(23)22-16-11-15-9-5-6-10-17(15)24-12-16/h2-10,16H,11-12H2,1H3,(H,22,23). The minimum Gasteiger partial charge on any atom is -0.491 e. The number of hydrogen-bond acceptors (Lipinski definition) is 4. The molecule has 0 aliphatic carbocycles. The van der Waals surface area contributed by atoms with Crippen LogP contribution < -0.4 is 10.1 Å². The summed E-state index contributed by atoms with van der Waals surface area (Å²) in [5, 5.41) is 3.01. The van der Waals surface area contributed by atoms with Crippen molar-refractivity contribution in [2.75, 3.05) is 6.61 Å². The Bertz CT molecular complexity index is 902. The Hall–Kier alpha value is -3.08. The zero-order valence-electron chi connectivity index (χ0n) is 13.9. The Balaban J connectivity index is 1.55. The number of fused-ring (bicyclic) bond motifs is 1. The van der Waals surface area contributed by atoms with Gasteiger partial charge in [-0.2, -0.15) is 0 Å². The molecule has 126 valence electrons. The number of aryl methyl sites for hydroxylation is 1. The van der Waals surface area contributed by atoms with Crippen molar-refractivity contribution in [2.45, 2.75) is 19.4 Å². The summed E-state index contributed by atoms with van der Waals surface area (Å²) < 4.78 is 11.4. The molecule has 25 heavy (non-hydrogen) atoms. The summed E-state index contributed by atoms with van der Waals surface area (Å²) in [6.07, 6.45) is 0.736. The molecule has 0 saturated heterocycles. The largest absolute Gasteiger partial charge is 0.491 e. The third-order valence-corrected chi connectivity index (χ3v) is 4.20. The summed E-state index contributed by atoms with van der Waals surface area (Å²) in [6, 6.07) is 17.3. The lowest BCUT2D eigenvalue weighted by Gasteiger charge is -2.25. The van der Waals surface area contributed by atoms with E-state index >= 15 is 0 Å². The average molecular weight is 334 g/mol. The van der Waals surface area contributed by atoms with Crippen molar-refractivity contribution < 1.29 is 13.9 Å². The molecule has 5 heteroatoms. The van der Waals surface area contributed by atoms with Gasteiger partial charge in [0.05, 0.1) is 6.04 Å². The average Bonchev–Trinajstić information content (AvgIpc) is 3.04. The molecule has 5 nitrogen and oxygen atoms in total. The number of ether oxygens (including phenoxy) is 1. The van der Waals surface area contributed by atoms with Gasteiger partial charge in [0, 0.05) is 12.5 Å². The third kappa shape index (κ3) is 3.13. The summed E-state index contributed by atoms with van der Waals surface area (Å²) in [7, 11) is 0. The van der Waals surface area contributed by atoms with Gasteiger partial charge in [-0.1, -0.05) is 48.5 Å². The summed E-state index contributed by atoms with van der Waals surface area (Å²) >= 11 is 0. The molecule has 0 radical (unpaired) electrons. The van der Waals surface area contributed by atoms with E-state index in [2.05, 4.69) is 10.3 Å². The van der Waals surface area contributed by atoms with Gasteiger partial charge in [0.1, 0.15) is 12.4 Å². The number of para-hydroxylation sites is 1. The fourth-order valence-corrected chi connectivity index (χ4v) is 3.04. The molecule has 1 aliphatic heterocycles. The van der Waals surface area contributed by atoms with E-state index in [9.17, 15) is 4.79 Å². The zero-order chi connectivity index (χ0) is 17.2. The topological polar surface area (TPSA) is 64.4 Å². The molecule has 2 aromatic carbocycles. The Morgan fingerprint density at radius 1 is 1.12 bits per heavy atom. The second-order valence-electron chi connectivity index (χ2n) is 6.07. The first kappa shape index (κ1) is 15.4. The van der Waals surface area contributed by atoms with E-state index in [1.165, 1.54) is 0 Å². The summed E-state index contributed by atoms with van der Waals surface area (Å²) in [5.41, 5.74) is 2.24. The molecule has 0 fully saturated rings. The van der Waals surface area contributed by atoms with Crippen molar-refractivity contribution in [3.8, 4) is 17.1 Å². The molecular formula is C20H18N2O3. The molecule has 1 atom stereocenters. The van der Waals surface area contributed by atoms with E-state index in [1.807, 2.05) is 54.6 Å². The number of carbonyl (C=O) groups excluding carboxylic acids is 1. The first-order chi connectivity index (χ1) is 12.2. The maximum atomic E-state index is 12.7. The molecule has 1 unspecified atom stereocenters. The van der Waals surface area contributed by atoms with E-state index in [4.69, 9.17) is 9.15 Å². The molecular weight excluding hydrogens is 316 g/mol. The van der Waals surface area contributed by atoms with Crippen LogP contribution in [0.25, 0.3) is 11.3 Å². The second kappa shape index (κ2) is 6.43. The van der Waals surface area contributed by atoms with Gasteiger partial charge in [-0.05, 0) is 18.1 Å². The third-order valence-electron chi connectivity index (χ3n) is 4.20. The van der Waals surface area contributed by atoms with Gasteiger partial charge >= 0.3 is 0 Å². The lowest BCUT2D eigenvalue weighted by molar-refractivity contribution is 0.0911.